The SMILES string of the molecule is CCC(C(=O)NC(C)C)N(Cc1ccc(OC)cc1)C(=O)CSCc1ccc(OC)cc1. The maximum Gasteiger partial charge on any atom is 0.243 e. The number of nitrogens with zero attached hydrogens (tertiary/aromatic N) is 1. The molecule has 6 nitrogen and oxygen atoms in total. The summed E-state index contributed by atoms with van der Waals surface area (Å²) in [5, 5.41) is 2.95. The Balaban J connectivity index is 2.11. The summed E-state index contributed by atoms with van der Waals surface area (Å²) in [6.07, 6.45) is 0.545. The Morgan fingerprint density at radius 1 is 0.938 bits per heavy atom. The fourth-order valence-corrected chi connectivity index (χ4v) is 4.16. The number of nitrogens with one attached hydrogen (secondary N) is 1. The molecule has 1 N–H and O–H groups in total. The standard InChI is InChI=1S/C25H34N2O4S/c1-6-23(25(29)26-18(2)3)27(15-19-7-11-21(30-4)12-8-19)24(28)17-32-16-20-9-13-22(31-5)14-10-20/h7-14,18,23H,6,15-17H2,1-5H3,(H,26,29). The first-order chi connectivity index (χ1) is 15.4. The number of carbonyl (C=O) groups is 2. The minimum atomic E-state index is -0.520. The Kier molecular flexibility index (Phi) is 10.4. The van der Waals surface area contributed by atoms with Gasteiger partial charge in [0.25, 0.3) is 0 Å². The molecule has 2 rings (SSSR count). The molecule has 2 aromatic rings. The molecule has 0 fully saturated rings. The third kappa shape index (κ3) is 7.79. The summed E-state index contributed by atoms with van der Waals surface area (Å²) in [6.45, 7) is 6.15. The smallest absolute Gasteiger partial charge is 0.243 e. The number of methoxy groups -OCH3 is 2. The molecule has 0 aliphatic heterocycles. The Morgan fingerprint density at radius 2 is 1.47 bits per heavy atom. The van der Waals surface area contributed by atoms with Crippen molar-refractivity contribution in [1.29, 1.82) is 0 Å². The predicted molar refractivity (Wildman–Crippen MR) is 130 cm³/mol. The second-order valence-electron chi connectivity index (χ2n) is 7.80. The van der Waals surface area contributed by atoms with E-state index in [2.05, 4.69) is 5.32 Å². The molecule has 0 radical (unpaired) electrons. The molecular formula is C25H34N2O4S. The van der Waals surface area contributed by atoms with Gasteiger partial charge < -0.3 is 19.7 Å². The molecule has 7 heteroatoms. The van der Waals surface area contributed by atoms with E-state index >= 15 is 0 Å². The third-order valence-electron chi connectivity index (χ3n) is 4.98. The number of ether oxygens (including phenoxy) is 2. The summed E-state index contributed by atoms with van der Waals surface area (Å²) in [4.78, 5) is 27.8. The van der Waals surface area contributed by atoms with Crippen LogP contribution < -0.4 is 14.8 Å². The van der Waals surface area contributed by atoms with Crippen LogP contribution in [0.5, 0.6) is 11.5 Å². The molecule has 1 atom stereocenters. The molecular weight excluding hydrogens is 424 g/mol. The molecule has 2 amide bonds. The highest BCUT2D eigenvalue weighted by atomic mass is 32.2. The summed E-state index contributed by atoms with van der Waals surface area (Å²) >= 11 is 1.54. The van der Waals surface area contributed by atoms with Crippen LogP contribution >= 0.6 is 11.8 Å². The Bertz CT molecular complexity index is 853. The lowest BCUT2D eigenvalue weighted by molar-refractivity contribution is -0.139. The lowest BCUT2D eigenvalue weighted by Gasteiger charge is -2.31. The fraction of sp³-hybridized carbons (Fsp3) is 0.440. The minimum absolute atomic E-state index is 0.0129. The van der Waals surface area contributed by atoms with Crippen molar-refractivity contribution in [2.24, 2.45) is 0 Å². The average molecular weight is 459 g/mol. The number of rotatable bonds is 12. The Hall–Kier alpha value is -2.67. The zero-order valence-electron chi connectivity index (χ0n) is 19.6. The average Bonchev–Trinajstić information content (AvgIpc) is 2.79. The molecule has 2 aromatic carbocycles. The highest BCUT2D eigenvalue weighted by Crippen LogP contribution is 2.20. The zero-order chi connectivity index (χ0) is 23.5. The fourth-order valence-electron chi connectivity index (χ4n) is 3.29. The quantitative estimate of drug-likeness (QED) is 0.515. The molecule has 0 aromatic heterocycles. The van der Waals surface area contributed by atoms with Crippen molar-refractivity contribution in [1.82, 2.24) is 10.2 Å². The minimum Gasteiger partial charge on any atom is -0.497 e. The summed E-state index contributed by atoms with van der Waals surface area (Å²) < 4.78 is 10.4. The normalized spacial score (nSPS) is 11.7. The van der Waals surface area contributed by atoms with Crippen molar-refractivity contribution in [3.63, 3.8) is 0 Å². The van der Waals surface area contributed by atoms with Gasteiger partial charge in [0.1, 0.15) is 17.5 Å². The van der Waals surface area contributed by atoms with Crippen molar-refractivity contribution >= 4 is 23.6 Å². The number of benzene rings is 2. The van der Waals surface area contributed by atoms with Gasteiger partial charge in [-0.05, 0) is 55.7 Å². The van der Waals surface area contributed by atoms with Crippen LogP contribution in [0, 0.1) is 0 Å². The van der Waals surface area contributed by atoms with Gasteiger partial charge in [-0.1, -0.05) is 31.2 Å². The van der Waals surface area contributed by atoms with E-state index in [0.29, 0.717) is 24.5 Å². The molecule has 1 unspecified atom stereocenters. The van der Waals surface area contributed by atoms with E-state index in [-0.39, 0.29) is 17.9 Å². The molecule has 0 heterocycles. The first-order valence-electron chi connectivity index (χ1n) is 10.8. The second kappa shape index (κ2) is 13.0. The summed E-state index contributed by atoms with van der Waals surface area (Å²) in [6, 6.07) is 14.9. The van der Waals surface area contributed by atoms with E-state index in [4.69, 9.17) is 9.47 Å². The maximum atomic E-state index is 13.2. The second-order valence-corrected chi connectivity index (χ2v) is 8.78. The molecule has 0 saturated heterocycles. The lowest BCUT2D eigenvalue weighted by Crippen LogP contribution is -2.50. The Morgan fingerprint density at radius 3 is 1.94 bits per heavy atom. The van der Waals surface area contributed by atoms with E-state index in [0.717, 1.165) is 22.6 Å². The van der Waals surface area contributed by atoms with Gasteiger partial charge in [-0.25, -0.2) is 0 Å². The van der Waals surface area contributed by atoms with Crippen molar-refractivity contribution in [2.75, 3.05) is 20.0 Å². The molecule has 0 spiro atoms. The van der Waals surface area contributed by atoms with Gasteiger partial charge in [-0.2, -0.15) is 0 Å². The zero-order valence-corrected chi connectivity index (χ0v) is 20.4. The van der Waals surface area contributed by atoms with Gasteiger partial charge in [0.05, 0.1) is 20.0 Å². The summed E-state index contributed by atoms with van der Waals surface area (Å²) in [5.74, 6) is 2.40. The van der Waals surface area contributed by atoms with Gasteiger partial charge >= 0.3 is 0 Å². The van der Waals surface area contributed by atoms with Gasteiger partial charge in [0.15, 0.2) is 0 Å². The maximum absolute atomic E-state index is 13.2. The third-order valence-corrected chi connectivity index (χ3v) is 5.97. The van der Waals surface area contributed by atoms with E-state index in [1.807, 2.05) is 69.3 Å². The first-order valence-corrected chi connectivity index (χ1v) is 12.0. The Labute approximate surface area is 195 Å². The van der Waals surface area contributed by atoms with Gasteiger partial charge in [0, 0.05) is 18.3 Å². The number of hydrogen-bond acceptors (Lipinski definition) is 5. The first kappa shape index (κ1) is 25.6. The van der Waals surface area contributed by atoms with Crippen LogP contribution in [-0.2, 0) is 21.9 Å². The van der Waals surface area contributed by atoms with Crippen molar-refractivity contribution in [2.45, 2.75) is 51.6 Å². The summed E-state index contributed by atoms with van der Waals surface area (Å²) in [5.41, 5.74) is 2.07. The molecule has 32 heavy (non-hydrogen) atoms. The monoisotopic (exact) mass is 458 g/mol. The van der Waals surface area contributed by atoms with Crippen LogP contribution in [0.4, 0.5) is 0 Å². The number of hydrogen-bond donors (Lipinski definition) is 1. The number of carbonyl (C=O) groups excluding carboxylic acids is 2. The number of thioether (sulfide) groups is 1. The van der Waals surface area contributed by atoms with Gasteiger partial charge in [-0.3, -0.25) is 9.59 Å². The van der Waals surface area contributed by atoms with E-state index < -0.39 is 6.04 Å². The van der Waals surface area contributed by atoms with Crippen molar-refractivity contribution < 1.29 is 19.1 Å². The van der Waals surface area contributed by atoms with E-state index in [1.165, 1.54) is 0 Å². The highest BCUT2D eigenvalue weighted by molar-refractivity contribution is 7.99. The van der Waals surface area contributed by atoms with E-state index in [1.54, 1.807) is 30.9 Å². The molecule has 174 valence electrons. The molecule has 0 bridgehead atoms. The van der Waals surface area contributed by atoms with Crippen LogP contribution in [0.15, 0.2) is 48.5 Å². The topological polar surface area (TPSA) is 67.9 Å². The largest absolute Gasteiger partial charge is 0.497 e. The molecule has 0 aliphatic rings. The molecule has 0 aliphatic carbocycles. The molecule has 0 saturated carbocycles. The number of amides is 2. The van der Waals surface area contributed by atoms with Crippen molar-refractivity contribution in [3.8, 4) is 11.5 Å². The van der Waals surface area contributed by atoms with Crippen LogP contribution in [-0.4, -0.2) is 48.8 Å². The lowest BCUT2D eigenvalue weighted by atomic mass is 10.1. The van der Waals surface area contributed by atoms with Crippen LogP contribution in [0.25, 0.3) is 0 Å². The van der Waals surface area contributed by atoms with Crippen LogP contribution in [0.3, 0.4) is 0 Å². The van der Waals surface area contributed by atoms with Gasteiger partial charge in [0.2, 0.25) is 11.8 Å². The summed E-state index contributed by atoms with van der Waals surface area (Å²) in [7, 11) is 3.26. The van der Waals surface area contributed by atoms with Crippen LogP contribution in [0.1, 0.15) is 38.3 Å². The van der Waals surface area contributed by atoms with Gasteiger partial charge in [-0.15, -0.1) is 11.8 Å². The van der Waals surface area contributed by atoms with Crippen molar-refractivity contribution in [3.05, 3.63) is 59.7 Å². The van der Waals surface area contributed by atoms with E-state index in [9.17, 15) is 9.59 Å². The van der Waals surface area contributed by atoms with Crippen LogP contribution in [0.2, 0.25) is 0 Å². The predicted octanol–water partition coefficient (Wildman–Crippen LogP) is 4.27. The highest BCUT2D eigenvalue weighted by Gasteiger charge is 2.28.